The number of hydrogen-bond acceptors (Lipinski definition) is 3. The molecule has 0 saturated carbocycles. The van der Waals surface area contributed by atoms with Crippen LogP contribution in [-0.2, 0) is 0 Å². The smallest absolute Gasteiger partial charge is 0.272 e. The number of unbranched alkanes of at least 4 members (excludes halogenated alkanes) is 1. The number of fused-ring (bicyclic) bond motifs is 1. The molecule has 6 nitrogen and oxygen atoms in total. The zero-order valence-electron chi connectivity index (χ0n) is 15.3. The third-order valence-electron chi connectivity index (χ3n) is 4.24. The van der Waals surface area contributed by atoms with Crippen molar-refractivity contribution < 1.29 is 14.0 Å². The molecule has 0 aliphatic rings. The Morgan fingerprint density at radius 2 is 2.00 bits per heavy atom. The van der Waals surface area contributed by atoms with Crippen LogP contribution in [0, 0.1) is 12.7 Å². The quantitative estimate of drug-likeness (QED) is 0.653. The molecule has 2 heterocycles. The second kappa shape index (κ2) is 7.99. The van der Waals surface area contributed by atoms with E-state index < -0.39 is 11.7 Å². The molecule has 0 aliphatic carbocycles. The zero-order chi connectivity index (χ0) is 19.4. The van der Waals surface area contributed by atoms with E-state index in [4.69, 9.17) is 0 Å². The second-order valence-corrected chi connectivity index (χ2v) is 6.26. The van der Waals surface area contributed by atoms with Crippen LogP contribution in [0.5, 0.6) is 0 Å². The highest BCUT2D eigenvalue weighted by molar-refractivity contribution is 6.08. The van der Waals surface area contributed by atoms with E-state index >= 15 is 0 Å². The molecule has 1 aromatic carbocycles. The van der Waals surface area contributed by atoms with Gasteiger partial charge in [0.1, 0.15) is 11.5 Å². The van der Waals surface area contributed by atoms with E-state index in [1.165, 1.54) is 18.2 Å². The van der Waals surface area contributed by atoms with Crippen LogP contribution in [0.2, 0.25) is 0 Å². The van der Waals surface area contributed by atoms with Crippen molar-refractivity contribution in [3.63, 3.8) is 0 Å². The lowest BCUT2D eigenvalue weighted by Gasteiger charge is -2.09. The summed E-state index contributed by atoms with van der Waals surface area (Å²) in [5.74, 6) is -1.20. The summed E-state index contributed by atoms with van der Waals surface area (Å²) in [4.78, 5) is 29.7. The van der Waals surface area contributed by atoms with Gasteiger partial charge in [-0.05, 0) is 43.2 Å². The minimum Gasteiger partial charge on any atom is -0.351 e. The summed E-state index contributed by atoms with van der Waals surface area (Å²) in [6.45, 7) is 4.29. The minimum atomic E-state index is -0.516. The number of aryl methyl sites for hydroxylation is 1. The maximum atomic E-state index is 13.5. The molecular formula is C20H21FN4O2. The number of pyridine rings is 1. The molecule has 0 unspecified atom stereocenters. The first-order chi connectivity index (χ1) is 13.0. The molecule has 0 aliphatic heterocycles. The second-order valence-electron chi connectivity index (χ2n) is 6.26. The minimum absolute atomic E-state index is 0.142. The summed E-state index contributed by atoms with van der Waals surface area (Å²) >= 11 is 0. The first-order valence-electron chi connectivity index (χ1n) is 8.84. The molecular weight excluding hydrogens is 347 g/mol. The molecule has 2 aromatic heterocycles. The van der Waals surface area contributed by atoms with Gasteiger partial charge in [-0.2, -0.15) is 0 Å². The van der Waals surface area contributed by atoms with Crippen LogP contribution in [0.15, 0.2) is 42.6 Å². The lowest BCUT2D eigenvalue weighted by Crippen LogP contribution is -2.27. The molecule has 2 amide bonds. The largest absolute Gasteiger partial charge is 0.351 e. The van der Waals surface area contributed by atoms with Crippen molar-refractivity contribution in [1.29, 1.82) is 0 Å². The molecule has 0 radical (unpaired) electrons. The Morgan fingerprint density at radius 3 is 2.78 bits per heavy atom. The van der Waals surface area contributed by atoms with Crippen molar-refractivity contribution in [2.45, 2.75) is 26.7 Å². The molecule has 2 N–H and O–H groups in total. The number of amides is 2. The molecule has 0 atom stereocenters. The van der Waals surface area contributed by atoms with Crippen molar-refractivity contribution in [3.8, 4) is 0 Å². The third-order valence-corrected chi connectivity index (χ3v) is 4.24. The molecule has 0 bridgehead atoms. The topological polar surface area (TPSA) is 75.5 Å². The normalized spacial score (nSPS) is 10.8. The number of carbonyl (C=O) groups is 2. The first-order valence-corrected chi connectivity index (χ1v) is 8.84. The molecule has 3 rings (SSSR count). The van der Waals surface area contributed by atoms with Gasteiger partial charge in [0.15, 0.2) is 11.5 Å². The molecule has 0 saturated heterocycles. The monoisotopic (exact) mass is 368 g/mol. The van der Waals surface area contributed by atoms with E-state index in [0.717, 1.165) is 12.8 Å². The fourth-order valence-electron chi connectivity index (χ4n) is 2.78. The van der Waals surface area contributed by atoms with Gasteiger partial charge in [-0.1, -0.05) is 25.5 Å². The van der Waals surface area contributed by atoms with Gasteiger partial charge in [0.05, 0.1) is 0 Å². The number of anilines is 1. The fourth-order valence-corrected chi connectivity index (χ4v) is 2.78. The van der Waals surface area contributed by atoms with E-state index in [-0.39, 0.29) is 23.0 Å². The summed E-state index contributed by atoms with van der Waals surface area (Å²) in [6.07, 6.45) is 3.52. The summed E-state index contributed by atoms with van der Waals surface area (Å²) in [5, 5.41) is 5.50. The predicted molar refractivity (Wildman–Crippen MR) is 102 cm³/mol. The van der Waals surface area contributed by atoms with E-state index in [9.17, 15) is 14.0 Å². The van der Waals surface area contributed by atoms with Crippen LogP contribution in [0.3, 0.4) is 0 Å². The summed E-state index contributed by atoms with van der Waals surface area (Å²) < 4.78 is 15.2. The summed E-state index contributed by atoms with van der Waals surface area (Å²) in [6, 6.07) is 9.31. The Morgan fingerprint density at radius 1 is 1.19 bits per heavy atom. The molecule has 3 aromatic rings. The Kier molecular flexibility index (Phi) is 5.49. The SMILES string of the molecule is CCCCNC(=O)c1c(NC(=O)c2cc(F)ccc2C)nc2ccccn12. The lowest BCUT2D eigenvalue weighted by molar-refractivity contribution is 0.0948. The molecule has 0 fully saturated rings. The summed E-state index contributed by atoms with van der Waals surface area (Å²) in [7, 11) is 0. The highest BCUT2D eigenvalue weighted by Crippen LogP contribution is 2.20. The van der Waals surface area contributed by atoms with Crippen molar-refractivity contribution in [2.75, 3.05) is 11.9 Å². The number of aromatic nitrogens is 2. The van der Waals surface area contributed by atoms with E-state index in [0.29, 0.717) is 17.8 Å². The molecule has 140 valence electrons. The number of benzene rings is 1. The number of imidazole rings is 1. The van der Waals surface area contributed by atoms with Gasteiger partial charge in [0.25, 0.3) is 11.8 Å². The number of nitrogens with one attached hydrogen (secondary N) is 2. The maximum Gasteiger partial charge on any atom is 0.272 e. The van der Waals surface area contributed by atoms with E-state index in [2.05, 4.69) is 15.6 Å². The number of nitrogens with zero attached hydrogens (tertiary/aromatic N) is 2. The number of halogens is 1. The molecule has 7 heteroatoms. The van der Waals surface area contributed by atoms with Crippen LogP contribution in [-0.4, -0.2) is 27.7 Å². The zero-order valence-corrected chi connectivity index (χ0v) is 15.3. The molecule has 0 spiro atoms. The average Bonchev–Trinajstić information content (AvgIpc) is 3.01. The number of carbonyl (C=O) groups excluding carboxylic acids is 2. The van der Waals surface area contributed by atoms with Crippen molar-refractivity contribution in [1.82, 2.24) is 14.7 Å². The van der Waals surface area contributed by atoms with E-state index in [1.807, 2.05) is 6.92 Å². The van der Waals surface area contributed by atoms with Crippen LogP contribution < -0.4 is 10.6 Å². The fraction of sp³-hybridized carbons (Fsp3) is 0.250. The number of rotatable bonds is 6. The van der Waals surface area contributed by atoms with Gasteiger partial charge in [0, 0.05) is 18.3 Å². The highest BCUT2D eigenvalue weighted by Gasteiger charge is 2.21. The summed E-state index contributed by atoms with van der Waals surface area (Å²) in [5.41, 5.74) is 1.60. The Hall–Kier alpha value is -3.22. The standard InChI is InChI=1S/C20H21FN4O2/c1-3-4-10-22-20(27)17-18(23-16-7-5-6-11-25(16)17)24-19(26)15-12-14(21)9-8-13(15)2/h5-9,11-12H,3-4,10H2,1-2H3,(H,22,27)(H,24,26). The van der Waals surface area contributed by atoms with Crippen LogP contribution in [0.4, 0.5) is 10.2 Å². The van der Waals surface area contributed by atoms with Gasteiger partial charge >= 0.3 is 0 Å². The van der Waals surface area contributed by atoms with Gasteiger partial charge in [0.2, 0.25) is 0 Å². The van der Waals surface area contributed by atoms with Gasteiger partial charge in [-0.25, -0.2) is 9.37 Å². The Labute approximate surface area is 156 Å². The van der Waals surface area contributed by atoms with Gasteiger partial charge < -0.3 is 10.6 Å². The molecule has 27 heavy (non-hydrogen) atoms. The van der Waals surface area contributed by atoms with Gasteiger partial charge in [-0.15, -0.1) is 0 Å². The van der Waals surface area contributed by atoms with Crippen LogP contribution in [0.1, 0.15) is 46.2 Å². The van der Waals surface area contributed by atoms with Crippen molar-refractivity contribution in [2.24, 2.45) is 0 Å². The first kappa shape index (κ1) is 18.6. The van der Waals surface area contributed by atoms with Gasteiger partial charge in [-0.3, -0.25) is 14.0 Å². The predicted octanol–water partition coefficient (Wildman–Crippen LogP) is 3.56. The van der Waals surface area contributed by atoms with E-state index in [1.54, 1.807) is 35.7 Å². The van der Waals surface area contributed by atoms with Crippen LogP contribution in [0.25, 0.3) is 5.65 Å². The lowest BCUT2D eigenvalue weighted by atomic mass is 10.1. The van der Waals surface area contributed by atoms with Crippen molar-refractivity contribution in [3.05, 3.63) is 65.2 Å². The maximum absolute atomic E-state index is 13.5. The Balaban J connectivity index is 1.96. The van der Waals surface area contributed by atoms with Crippen LogP contribution >= 0.6 is 0 Å². The third kappa shape index (κ3) is 3.97. The van der Waals surface area contributed by atoms with Crippen molar-refractivity contribution >= 4 is 23.3 Å². The highest BCUT2D eigenvalue weighted by atomic mass is 19.1. The Bertz CT molecular complexity index is 997. The number of hydrogen-bond donors (Lipinski definition) is 2. The average molecular weight is 368 g/mol.